The fraction of sp³-hybridized carbons (Fsp3) is 0.211. The molecule has 0 atom stereocenters. The largest absolute Gasteiger partial charge is 0.489 e. The van der Waals surface area contributed by atoms with Crippen molar-refractivity contribution in [1.82, 2.24) is 9.55 Å². The van der Waals surface area contributed by atoms with Crippen molar-refractivity contribution in [1.29, 1.82) is 0 Å². The van der Waals surface area contributed by atoms with Gasteiger partial charge in [0.15, 0.2) is 0 Å². The number of carboxylic acid groups (broad SMARTS) is 1. The maximum Gasteiger partial charge on any atom is 0.341 e. The predicted molar refractivity (Wildman–Crippen MR) is 94.4 cm³/mol. The van der Waals surface area contributed by atoms with E-state index in [0.717, 1.165) is 16.6 Å². The van der Waals surface area contributed by atoms with Crippen LogP contribution in [0.4, 0.5) is 0 Å². The number of pyridine rings is 2. The molecule has 6 nitrogen and oxygen atoms in total. The lowest BCUT2D eigenvalue weighted by Crippen LogP contribution is -2.28. The molecule has 128 valence electrons. The van der Waals surface area contributed by atoms with E-state index in [1.165, 1.54) is 4.57 Å². The Morgan fingerprint density at radius 2 is 2.00 bits per heavy atom. The lowest BCUT2D eigenvalue weighted by molar-refractivity contribution is 0.0693. The van der Waals surface area contributed by atoms with Gasteiger partial charge in [-0.1, -0.05) is 18.2 Å². The van der Waals surface area contributed by atoms with Crippen molar-refractivity contribution in [2.45, 2.75) is 20.4 Å². The standard InChI is InChI=1S/C19H18N2O4/c1-12-8-9-21(18(22)16(12)19(23)24)10-11-25-15-5-3-4-14-7-6-13(2)20-17(14)15/h3-9H,10-11H2,1-2H3,(H,23,24). The second-order valence-corrected chi connectivity index (χ2v) is 5.81. The van der Waals surface area contributed by atoms with Crippen LogP contribution in [-0.4, -0.2) is 27.2 Å². The predicted octanol–water partition coefficient (Wildman–Crippen LogP) is 2.79. The van der Waals surface area contributed by atoms with Gasteiger partial charge in [0, 0.05) is 17.3 Å². The molecule has 0 spiro atoms. The third-order valence-electron chi connectivity index (χ3n) is 4.00. The molecule has 0 fully saturated rings. The molecule has 0 amide bonds. The summed E-state index contributed by atoms with van der Waals surface area (Å²) in [5, 5.41) is 10.1. The van der Waals surface area contributed by atoms with Gasteiger partial charge < -0.3 is 14.4 Å². The topological polar surface area (TPSA) is 81.4 Å². The number of hydrogen-bond acceptors (Lipinski definition) is 4. The van der Waals surface area contributed by atoms with E-state index < -0.39 is 11.5 Å². The van der Waals surface area contributed by atoms with Gasteiger partial charge in [-0.2, -0.15) is 0 Å². The molecule has 0 bridgehead atoms. The highest BCUT2D eigenvalue weighted by atomic mass is 16.5. The van der Waals surface area contributed by atoms with E-state index in [-0.39, 0.29) is 18.7 Å². The number of ether oxygens (including phenoxy) is 1. The van der Waals surface area contributed by atoms with Crippen LogP contribution in [0.5, 0.6) is 5.75 Å². The van der Waals surface area contributed by atoms with Crippen molar-refractivity contribution >= 4 is 16.9 Å². The Morgan fingerprint density at radius 1 is 1.20 bits per heavy atom. The molecule has 0 aliphatic heterocycles. The number of rotatable bonds is 5. The number of benzene rings is 1. The third-order valence-corrected chi connectivity index (χ3v) is 4.00. The number of para-hydroxylation sites is 1. The highest BCUT2D eigenvalue weighted by Crippen LogP contribution is 2.23. The number of carbonyl (C=O) groups is 1. The van der Waals surface area contributed by atoms with E-state index in [1.807, 2.05) is 37.3 Å². The van der Waals surface area contributed by atoms with E-state index in [9.17, 15) is 9.59 Å². The summed E-state index contributed by atoms with van der Waals surface area (Å²) in [6, 6.07) is 11.2. The minimum atomic E-state index is -1.22. The van der Waals surface area contributed by atoms with Crippen LogP contribution >= 0.6 is 0 Å². The lowest BCUT2D eigenvalue weighted by Gasteiger charge is -2.11. The Balaban J connectivity index is 1.81. The highest BCUT2D eigenvalue weighted by Gasteiger charge is 2.14. The van der Waals surface area contributed by atoms with Crippen LogP contribution in [0.2, 0.25) is 0 Å². The average Bonchev–Trinajstić information content (AvgIpc) is 2.57. The SMILES string of the molecule is Cc1ccc2cccc(OCCn3ccc(C)c(C(=O)O)c3=O)c2n1. The minimum absolute atomic E-state index is 0.204. The number of hydrogen-bond donors (Lipinski definition) is 1. The summed E-state index contributed by atoms with van der Waals surface area (Å²) < 4.78 is 7.14. The van der Waals surface area contributed by atoms with Gasteiger partial charge in [-0.3, -0.25) is 4.79 Å². The van der Waals surface area contributed by atoms with Crippen molar-refractivity contribution < 1.29 is 14.6 Å². The van der Waals surface area contributed by atoms with Crippen LogP contribution in [0.25, 0.3) is 10.9 Å². The number of nitrogens with zero attached hydrogens (tertiary/aromatic N) is 2. The number of aromatic carboxylic acids is 1. The first-order chi connectivity index (χ1) is 12.0. The van der Waals surface area contributed by atoms with Crippen molar-refractivity contribution in [3.63, 3.8) is 0 Å². The van der Waals surface area contributed by atoms with E-state index in [0.29, 0.717) is 11.3 Å². The van der Waals surface area contributed by atoms with Crippen LogP contribution in [-0.2, 0) is 6.54 Å². The maximum atomic E-state index is 12.2. The highest BCUT2D eigenvalue weighted by molar-refractivity contribution is 5.88. The molecule has 3 rings (SSSR count). The molecule has 3 aromatic rings. The van der Waals surface area contributed by atoms with Crippen molar-refractivity contribution in [2.24, 2.45) is 0 Å². The van der Waals surface area contributed by atoms with Crippen molar-refractivity contribution in [3.8, 4) is 5.75 Å². The number of carboxylic acids is 1. The van der Waals surface area contributed by atoms with Crippen LogP contribution in [0.15, 0.2) is 47.4 Å². The van der Waals surface area contributed by atoms with E-state index >= 15 is 0 Å². The summed E-state index contributed by atoms with van der Waals surface area (Å²) in [5.41, 5.74) is 1.38. The van der Waals surface area contributed by atoms with Gasteiger partial charge in [-0.05, 0) is 37.6 Å². The maximum absolute atomic E-state index is 12.2. The zero-order valence-electron chi connectivity index (χ0n) is 14.0. The van der Waals surface area contributed by atoms with Gasteiger partial charge in [0.1, 0.15) is 23.4 Å². The first-order valence-electron chi connectivity index (χ1n) is 7.90. The average molecular weight is 338 g/mol. The van der Waals surface area contributed by atoms with E-state index in [2.05, 4.69) is 4.98 Å². The van der Waals surface area contributed by atoms with Crippen LogP contribution in [0.3, 0.4) is 0 Å². The second kappa shape index (κ2) is 6.76. The summed E-state index contributed by atoms with van der Waals surface area (Å²) in [4.78, 5) is 28.0. The molecule has 25 heavy (non-hydrogen) atoms. The quantitative estimate of drug-likeness (QED) is 0.773. The van der Waals surface area contributed by atoms with Gasteiger partial charge in [-0.15, -0.1) is 0 Å². The van der Waals surface area contributed by atoms with Crippen molar-refractivity contribution in [3.05, 3.63) is 69.8 Å². The Morgan fingerprint density at radius 3 is 2.76 bits per heavy atom. The first-order valence-corrected chi connectivity index (χ1v) is 7.90. The summed E-state index contributed by atoms with van der Waals surface area (Å²) in [5.74, 6) is -0.577. The number of aromatic nitrogens is 2. The van der Waals surface area contributed by atoms with Crippen LogP contribution in [0, 0.1) is 13.8 Å². The molecular weight excluding hydrogens is 320 g/mol. The van der Waals surface area contributed by atoms with Gasteiger partial charge in [0.05, 0.1) is 6.54 Å². The summed E-state index contributed by atoms with van der Waals surface area (Å²) >= 11 is 0. The Labute approximate surface area is 144 Å². The van der Waals surface area contributed by atoms with E-state index in [1.54, 1.807) is 19.2 Å². The summed E-state index contributed by atoms with van der Waals surface area (Å²) in [6.07, 6.45) is 1.58. The number of aryl methyl sites for hydroxylation is 2. The summed E-state index contributed by atoms with van der Waals surface area (Å²) in [6.45, 7) is 4.00. The smallest absolute Gasteiger partial charge is 0.341 e. The molecule has 2 heterocycles. The molecule has 0 aliphatic carbocycles. The number of fused-ring (bicyclic) bond motifs is 1. The molecule has 0 aliphatic rings. The molecule has 1 aromatic carbocycles. The molecule has 0 saturated carbocycles. The molecule has 6 heteroatoms. The third kappa shape index (κ3) is 3.38. The molecule has 0 saturated heterocycles. The second-order valence-electron chi connectivity index (χ2n) is 5.81. The Hall–Kier alpha value is -3.15. The van der Waals surface area contributed by atoms with E-state index in [4.69, 9.17) is 9.84 Å². The molecule has 0 unspecified atom stereocenters. The van der Waals surface area contributed by atoms with Crippen LogP contribution < -0.4 is 10.3 Å². The fourth-order valence-electron chi connectivity index (χ4n) is 2.69. The van der Waals surface area contributed by atoms with Gasteiger partial charge in [0.25, 0.3) is 5.56 Å². The molecule has 2 aromatic heterocycles. The summed E-state index contributed by atoms with van der Waals surface area (Å²) in [7, 11) is 0. The van der Waals surface area contributed by atoms with Gasteiger partial charge in [-0.25, -0.2) is 9.78 Å². The normalized spacial score (nSPS) is 10.8. The Bertz CT molecular complexity index is 1010. The molecular formula is C19H18N2O4. The monoisotopic (exact) mass is 338 g/mol. The minimum Gasteiger partial charge on any atom is -0.489 e. The zero-order chi connectivity index (χ0) is 18.0. The zero-order valence-corrected chi connectivity index (χ0v) is 14.0. The molecule has 1 N–H and O–H groups in total. The molecule has 0 radical (unpaired) electrons. The Kier molecular flexibility index (Phi) is 4.52. The fourth-order valence-corrected chi connectivity index (χ4v) is 2.69. The van der Waals surface area contributed by atoms with Gasteiger partial charge >= 0.3 is 5.97 Å². The first kappa shape index (κ1) is 16.7. The van der Waals surface area contributed by atoms with Crippen LogP contribution in [0.1, 0.15) is 21.6 Å². The lowest BCUT2D eigenvalue weighted by atomic mass is 10.1. The van der Waals surface area contributed by atoms with Crippen molar-refractivity contribution in [2.75, 3.05) is 6.61 Å². The van der Waals surface area contributed by atoms with Gasteiger partial charge in [0.2, 0.25) is 0 Å².